The van der Waals surface area contributed by atoms with Crippen LogP contribution >= 0.6 is 0 Å². The Kier molecular flexibility index (Phi) is 7.45. The van der Waals surface area contributed by atoms with Gasteiger partial charge in [0.1, 0.15) is 0 Å². The molecule has 5 nitrogen and oxygen atoms in total. The van der Waals surface area contributed by atoms with Crippen molar-refractivity contribution in [2.24, 2.45) is 23.7 Å². The predicted molar refractivity (Wildman–Crippen MR) is 127 cm³/mol. The van der Waals surface area contributed by atoms with Crippen molar-refractivity contribution in [2.45, 2.75) is 111 Å². The average Bonchev–Trinajstić information content (AvgIpc) is 3.25. The Morgan fingerprint density at radius 3 is 2.03 bits per heavy atom. The molecule has 1 aliphatic carbocycles. The summed E-state index contributed by atoms with van der Waals surface area (Å²) in [6.07, 6.45) is 5.55. The molecule has 0 bridgehead atoms. The molecule has 2 aliphatic heterocycles. The van der Waals surface area contributed by atoms with Gasteiger partial charge < -0.3 is 9.80 Å². The highest BCUT2D eigenvalue weighted by atomic mass is 16.2. The van der Waals surface area contributed by atoms with Gasteiger partial charge in [0.25, 0.3) is 0 Å². The topological polar surface area (TPSA) is 43.9 Å². The Labute approximate surface area is 190 Å². The Hall–Kier alpha value is -1.10. The number of hydrogen-bond acceptors (Lipinski definition) is 3. The van der Waals surface area contributed by atoms with Gasteiger partial charge >= 0.3 is 0 Å². The molecule has 0 N–H and O–H groups in total. The second-order valence-electron chi connectivity index (χ2n) is 12.2. The van der Waals surface area contributed by atoms with E-state index in [0.717, 1.165) is 38.3 Å². The number of nitrogens with zero attached hydrogens (tertiary/aromatic N) is 3. The molecule has 2 heterocycles. The van der Waals surface area contributed by atoms with Crippen LogP contribution in [0.1, 0.15) is 87.5 Å². The van der Waals surface area contributed by atoms with Crippen LogP contribution in [0.5, 0.6) is 0 Å². The summed E-state index contributed by atoms with van der Waals surface area (Å²) in [5.41, 5.74) is 0.0983. The number of rotatable bonds is 4. The summed E-state index contributed by atoms with van der Waals surface area (Å²) in [6.45, 7) is 20.0. The molecular formula is C26H47N3O2. The molecule has 3 rings (SSSR count). The first-order valence-electron chi connectivity index (χ1n) is 12.8. The Bertz CT molecular complexity index is 648. The van der Waals surface area contributed by atoms with E-state index < -0.39 is 0 Å². The lowest BCUT2D eigenvalue weighted by Gasteiger charge is -2.41. The van der Waals surface area contributed by atoms with E-state index in [1.807, 2.05) is 13.8 Å². The fraction of sp³-hybridized carbons (Fsp3) is 0.923. The van der Waals surface area contributed by atoms with Crippen molar-refractivity contribution in [3.63, 3.8) is 0 Å². The first kappa shape index (κ1) is 24.5. The van der Waals surface area contributed by atoms with Gasteiger partial charge in [-0.1, -0.05) is 27.7 Å². The lowest BCUT2D eigenvalue weighted by molar-refractivity contribution is -0.142. The molecule has 31 heavy (non-hydrogen) atoms. The minimum atomic E-state index is 0.00889. The highest BCUT2D eigenvalue weighted by Crippen LogP contribution is 2.35. The smallest absolute Gasteiger partial charge is 0.227 e. The second kappa shape index (κ2) is 9.41. The summed E-state index contributed by atoms with van der Waals surface area (Å²) >= 11 is 0. The molecule has 0 aromatic carbocycles. The van der Waals surface area contributed by atoms with Gasteiger partial charge in [-0.25, -0.2) is 0 Å². The molecule has 0 spiro atoms. The molecule has 1 saturated carbocycles. The second-order valence-corrected chi connectivity index (χ2v) is 12.2. The zero-order chi connectivity index (χ0) is 23.1. The van der Waals surface area contributed by atoms with Gasteiger partial charge in [0.2, 0.25) is 11.8 Å². The molecule has 0 aromatic rings. The lowest BCUT2D eigenvalue weighted by Crippen LogP contribution is -2.51. The molecule has 3 aliphatic rings. The quantitative estimate of drug-likeness (QED) is 0.660. The maximum absolute atomic E-state index is 13.6. The molecule has 3 fully saturated rings. The number of hydrogen-bond donors (Lipinski definition) is 0. The molecule has 4 atom stereocenters. The molecule has 5 heteroatoms. The van der Waals surface area contributed by atoms with Crippen molar-refractivity contribution in [1.29, 1.82) is 0 Å². The Morgan fingerprint density at radius 1 is 0.903 bits per heavy atom. The molecule has 0 radical (unpaired) electrons. The number of amides is 2. The third-order valence-corrected chi connectivity index (χ3v) is 8.23. The van der Waals surface area contributed by atoms with Gasteiger partial charge in [-0.3, -0.25) is 14.5 Å². The van der Waals surface area contributed by atoms with Crippen molar-refractivity contribution in [2.75, 3.05) is 19.6 Å². The van der Waals surface area contributed by atoms with Crippen molar-refractivity contribution in [3.8, 4) is 0 Å². The van der Waals surface area contributed by atoms with Gasteiger partial charge in [-0.05, 0) is 71.6 Å². The predicted octanol–water partition coefficient (Wildman–Crippen LogP) is 4.41. The van der Waals surface area contributed by atoms with Crippen molar-refractivity contribution >= 4 is 11.8 Å². The van der Waals surface area contributed by atoms with Crippen molar-refractivity contribution in [3.05, 3.63) is 0 Å². The summed E-state index contributed by atoms with van der Waals surface area (Å²) < 4.78 is 0. The van der Waals surface area contributed by atoms with E-state index in [1.165, 1.54) is 12.8 Å². The summed E-state index contributed by atoms with van der Waals surface area (Å²) in [5.74, 6) is 1.82. The monoisotopic (exact) mass is 433 g/mol. The van der Waals surface area contributed by atoms with Crippen LogP contribution in [0.15, 0.2) is 0 Å². The molecule has 0 aromatic heterocycles. The van der Waals surface area contributed by atoms with E-state index in [9.17, 15) is 9.59 Å². The van der Waals surface area contributed by atoms with Crippen LogP contribution in [-0.2, 0) is 9.59 Å². The normalized spacial score (nSPS) is 35.1. The van der Waals surface area contributed by atoms with Gasteiger partial charge in [0.15, 0.2) is 0 Å². The standard InChI is InChI=1S/C26H47N3O2/c1-17(2)24(30)29(21-11-9-18(3)10-12-21)22-13-20(5)28(15-22)25(31)23-16-27(14-19(23)4)26(6,7)8/h17-23H,9-16H2,1-8H3/t18?,19-,20-,21?,22+,23-/m1/s1. The molecule has 2 amide bonds. The molecule has 2 saturated heterocycles. The van der Waals surface area contributed by atoms with E-state index in [0.29, 0.717) is 24.4 Å². The van der Waals surface area contributed by atoms with E-state index in [1.54, 1.807) is 0 Å². The fourth-order valence-corrected chi connectivity index (χ4v) is 6.04. The maximum atomic E-state index is 13.6. The number of carbonyl (C=O) groups is 2. The fourth-order valence-electron chi connectivity index (χ4n) is 6.04. The third-order valence-electron chi connectivity index (χ3n) is 8.23. The summed E-state index contributed by atoms with van der Waals surface area (Å²) in [6, 6.07) is 0.723. The van der Waals surface area contributed by atoms with E-state index in [4.69, 9.17) is 0 Å². The highest BCUT2D eigenvalue weighted by Gasteiger charge is 2.46. The van der Waals surface area contributed by atoms with Gasteiger partial charge in [0.05, 0.1) is 12.0 Å². The third kappa shape index (κ3) is 5.29. The zero-order valence-corrected chi connectivity index (χ0v) is 21.4. The van der Waals surface area contributed by atoms with Crippen molar-refractivity contribution in [1.82, 2.24) is 14.7 Å². The van der Waals surface area contributed by atoms with E-state index >= 15 is 0 Å². The van der Waals surface area contributed by atoms with Gasteiger partial charge in [-0.2, -0.15) is 0 Å². The largest absolute Gasteiger partial charge is 0.338 e. The lowest BCUT2D eigenvalue weighted by atomic mass is 9.85. The minimum absolute atomic E-state index is 0.00889. The summed E-state index contributed by atoms with van der Waals surface area (Å²) in [5, 5.41) is 0. The first-order chi connectivity index (χ1) is 14.4. The Balaban J connectivity index is 1.73. The summed E-state index contributed by atoms with van der Waals surface area (Å²) in [7, 11) is 0. The van der Waals surface area contributed by atoms with Crippen LogP contribution in [-0.4, -0.2) is 69.8 Å². The summed E-state index contributed by atoms with van der Waals surface area (Å²) in [4.78, 5) is 33.7. The van der Waals surface area contributed by atoms with Crippen LogP contribution in [0, 0.1) is 23.7 Å². The van der Waals surface area contributed by atoms with Crippen molar-refractivity contribution < 1.29 is 9.59 Å². The van der Waals surface area contributed by atoms with Crippen LogP contribution in [0.3, 0.4) is 0 Å². The van der Waals surface area contributed by atoms with E-state index in [-0.39, 0.29) is 35.4 Å². The number of likely N-dealkylation sites (tertiary alicyclic amines) is 2. The van der Waals surface area contributed by atoms with E-state index in [2.05, 4.69) is 56.2 Å². The van der Waals surface area contributed by atoms with Crippen LogP contribution in [0.4, 0.5) is 0 Å². The average molecular weight is 434 g/mol. The molecule has 0 unspecified atom stereocenters. The Morgan fingerprint density at radius 2 is 1.52 bits per heavy atom. The molecule has 178 valence electrons. The zero-order valence-electron chi connectivity index (χ0n) is 21.4. The highest BCUT2D eigenvalue weighted by molar-refractivity contribution is 5.81. The van der Waals surface area contributed by atoms with Crippen LogP contribution in [0.2, 0.25) is 0 Å². The maximum Gasteiger partial charge on any atom is 0.227 e. The minimum Gasteiger partial charge on any atom is -0.338 e. The van der Waals surface area contributed by atoms with Crippen LogP contribution < -0.4 is 0 Å². The van der Waals surface area contributed by atoms with Gasteiger partial charge in [0, 0.05) is 43.2 Å². The molecular weight excluding hydrogens is 386 g/mol. The SMILES string of the molecule is CC1CCC(N(C(=O)C(C)C)[C@H]2C[C@@H](C)N(C(=O)[C@@H]3CN(C(C)(C)C)C[C@H]3C)C2)CC1. The first-order valence-corrected chi connectivity index (χ1v) is 12.8. The van der Waals surface area contributed by atoms with Crippen LogP contribution in [0.25, 0.3) is 0 Å². The number of carbonyl (C=O) groups excluding carboxylic acids is 2. The van der Waals surface area contributed by atoms with Gasteiger partial charge in [-0.15, -0.1) is 0 Å².